The molecule has 0 spiro atoms. The monoisotopic (exact) mass is 543 g/mol. The van der Waals surface area contributed by atoms with Gasteiger partial charge in [0.2, 0.25) is 15.9 Å². The Morgan fingerprint density at radius 3 is 2.45 bits per heavy atom. The zero-order valence-electron chi connectivity index (χ0n) is 21.6. The highest BCUT2D eigenvalue weighted by molar-refractivity contribution is 7.89. The van der Waals surface area contributed by atoms with Gasteiger partial charge >= 0.3 is 0 Å². The number of rotatable bonds is 8. The average Bonchev–Trinajstić information content (AvgIpc) is 3.28. The van der Waals surface area contributed by atoms with Crippen LogP contribution in [-0.4, -0.2) is 47.8 Å². The summed E-state index contributed by atoms with van der Waals surface area (Å²) < 4.78 is 60.9. The fraction of sp³-hybridized carbons (Fsp3) is 0.357. The van der Waals surface area contributed by atoms with Crippen molar-refractivity contribution in [1.82, 2.24) is 14.4 Å². The number of amides is 1. The van der Waals surface area contributed by atoms with Crippen molar-refractivity contribution in [2.75, 3.05) is 13.1 Å². The first-order valence-corrected chi connectivity index (χ1v) is 14.0. The molecule has 202 valence electrons. The van der Waals surface area contributed by atoms with Gasteiger partial charge in [0, 0.05) is 43.2 Å². The molecule has 10 heteroatoms. The van der Waals surface area contributed by atoms with Crippen LogP contribution in [-0.2, 0) is 21.4 Å². The number of benzene rings is 2. The number of sulfonamides is 1. The molecule has 3 aromatic rings. The van der Waals surface area contributed by atoms with Crippen molar-refractivity contribution in [3.05, 3.63) is 82.7 Å². The van der Waals surface area contributed by atoms with Crippen LogP contribution in [0, 0.1) is 24.5 Å². The molecule has 0 bridgehead atoms. The first-order chi connectivity index (χ1) is 18.1. The molecule has 7 nitrogen and oxygen atoms in total. The molecule has 0 N–H and O–H groups in total. The summed E-state index contributed by atoms with van der Waals surface area (Å²) in [7, 11) is -3.99. The van der Waals surface area contributed by atoms with Crippen molar-refractivity contribution in [2.24, 2.45) is 5.92 Å². The Morgan fingerprint density at radius 2 is 1.82 bits per heavy atom. The van der Waals surface area contributed by atoms with E-state index in [1.54, 1.807) is 0 Å². The van der Waals surface area contributed by atoms with Gasteiger partial charge < -0.3 is 9.42 Å². The number of carbonyl (C=O) groups excluding carboxylic acids is 1. The molecule has 0 atom stereocenters. The molecule has 1 aliphatic heterocycles. The van der Waals surface area contributed by atoms with Crippen LogP contribution in [0.4, 0.5) is 8.78 Å². The standard InChI is InChI=1S/C28H31F2N3O4S/c1-19(2)33(18-21-7-5-4-6-8-21)28(34)23-13-15-32(16-14-23)38(35,36)27-20(3)31-37-26(27)12-10-22-9-11-24(29)17-25(22)30/h4-12,17,19,23H,13-16,18H2,1-3H3. The van der Waals surface area contributed by atoms with Crippen LogP contribution in [0.2, 0.25) is 0 Å². The highest BCUT2D eigenvalue weighted by Gasteiger charge is 2.37. The van der Waals surface area contributed by atoms with Gasteiger partial charge in [-0.1, -0.05) is 35.5 Å². The van der Waals surface area contributed by atoms with E-state index in [1.807, 2.05) is 49.1 Å². The molecule has 1 aliphatic rings. The van der Waals surface area contributed by atoms with Gasteiger partial charge in [0.1, 0.15) is 17.3 Å². The lowest BCUT2D eigenvalue weighted by atomic mass is 9.95. The summed E-state index contributed by atoms with van der Waals surface area (Å²) in [6.07, 6.45) is 3.41. The molecular formula is C28H31F2N3O4S. The summed E-state index contributed by atoms with van der Waals surface area (Å²) in [5.41, 5.74) is 1.29. The molecule has 1 saturated heterocycles. The molecule has 2 aromatic carbocycles. The molecule has 0 unspecified atom stereocenters. The Kier molecular flexibility index (Phi) is 8.42. The molecule has 1 amide bonds. The third-order valence-electron chi connectivity index (χ3n) is 6.71. The molecule has 38 heavy (non-hydrogen) atoms. The number of piperidine rings is 1. The lowest BCUT2D eigenvalue weighted by molar-refractivity contribution is -0.139. The Hall–Kier alpha value is -3.37. The largest absolute Gasteiger partial charge is 0.355 e. The van der Waals surface area contributed by atoms with Crippen molar-refractivity contribution in [1.29, 1.82) is 0 Å². The van der Waals surface area contributed by atoms with Crippen LogP contribution in [0.25, 0.3) is 12.2 Å². The van der Waals surface area contributed by atoms with Crippen molar-refractivity contribution >= 4 is 28.1 Å². The predicted molar refractivity (Wildman–Crippen MR) is 140 cm³/mol. The molecule has 2 heterocycles. The van der Waals surface area contributed by atoms with Gasteiger partial charge in [0.15, 0.2) is 10.7 Å². The van der Waals surface area contributed by atoms with Gasteiger partial charge in [-0.2, -0.15) is 4.31 Å². The molecule has 0 radical (unpaired) electrons. The Morgan fingerprint density at radius 1 is 1.13 bits per heavy atom. The summed E-state index contributed by atoms with van der Waals surface area (Å²) >= 11 is 0. The smallest absolute Gasteiger partial charge is 0.248 e. The van der Waals surface area contributed by atoms with Crippen LogP contribution in [0.1, 0.15) is 49.3 Å². The summed E-state index contributed by atoms with van der Waals surface area (Å²) in [4.78, 5) is 15.1. The molecule has 0 aliphatic carbocycles. The average molecular weight is 544 g/mol. The number of hydrogen-bond acceptors (Lipinski definition) is 5. The number of halogens is 2. The highest BCUT2D eigenvalue weighted by atomic mass is 32.2. The second-order valence-corrected chi connectivity index (χ2v) is 11.6. The maximum absolute atomic E-state index is 14.0. The van der Waals surface area contributed by atoms with Gasteiger partial charge in [0.05, 0.1) is 0 Å². The first-order valence-electron chi connectivity index (χ1n) is 12.5. The SMILES string of the molecule is Cc1noc(C=Cc2ccc(F)cc2F)c1S(=O)(=O)N1CCC(C(=O)N(Cc2ccccc2)C(C)C)CC1. The second kappa shape index (κ2) is 11.6. The first kappa shape index (κ1) is 27.7. The molecule has 0 saturated carbocycles. The van der Waals surface area contributed by atoms with E-state index in [2.05, 4.69) is 5.16 Å². The molecule has 1 aromatic heterocycles. The van der Waals surface area contributed by atoms with Crippen LogP contribution < -0.4 is 0 Å². The summed E-state index contributed by atoms with van der Waals surface area (Å²) in [5.74, 6) is -1.80. The minimum absolute atomic E-state index is 0.00409. The van der Waals surface area contributed by atoms with E-state index in [4.69, 9.17) is 4.52 Å². The van der Waals surface area contributed by atoms with Crippen molar-refractivity contribution in [3.63, 3.8) is 0 Å². The lowest BCUT2D eigenvalue weighted by Crippen LogP contribution is -2.46. The highest BCUT2D eigenvalue weighted by Crippen LogP contribution is 2.30. The van der Waals surface area contributed by atoms with Gasteiger partial charge in [0.25, 0.3) is 0 Å². The van der Waals surface area contributed by atoms with E-state index in [1.165, 1.54) is 29.4 Å². The molecular weight excluding hydrogens is 512 g/mol. The molecule has 4 rings (SSSR count). The van der Waals surface area contributed by atoms with Gasteiger partial charge in [-0.15, -0.1) is 0 Å². The van der Waals surface area contributed by atoms with Gasteiger partial charge in [-0.05, 0) is 63.5 Å². The number of aromatic nitrogens is 1. The Balaban J connectivity index is 1.47. The van der Waals surface area contributed by atoms with E-state index in [0.29, 0.717) is 19.4 Å². The fourth-order valence-corrected chi connectivity index (χ4v) is 6.32. The zero-order valence-corrected chi connectivity index (χ0v) is 22.4. The number of hydrogen-bond donors (Lipinski definition) is 0. The van der Waals surface area contributed by atoms with Crippen LogP contribution in [0.3, 0.4) is 0 Å². The minimum atomic E-state index is -3.99. The maximum atomic E-state index is 14.0. The van der Waals surface area contributed by atoms with E-state index >= 15 is 0 Å². The third-order valence-corrected chi connectivity index (χ3v) is 8.77. The number of nitrogens with zero attached hydrogens (tertiary/aromatic N) is 3. The van der Waals surface area contributed by atoms with Gasteiger partial charge in [-0.3, -0.25) is 4.79 Å². The van der Waals surface area contributed by atoms with Crippen molar-refractivity contribution in [3.8, 4) is 0 Å². The summed E-state index contributed by atoms with van der Waals surface area (Å²) in [6, 6.07) is 12.9. The molecule has 1 fully saturated rings. The Labute approximate surface area is 221 Å². The van der Waals surface area contributed by atoms with E-state index < -0.39 is 21.7 Å². The normalized spacial score (nSPS) is 15.4. The quantitative estimate of drug-likeness (QED) is 0.387. The number of carbonyl (C=O) groups is 1. The third kappa shape index (κ3) is 6.02. The van der Waals surface area contributed by atoms with E-state index in [-0.39, 0.29) is 52.9 Å². The minimum Gasteiger partial charge on any atom is -0.355 e. The maximum Gasteiger partial charge on any atom is 0.248 e. The van der Waals surface area contributed by atoms with Gasteiger partial charge in [-0.25, -0.2) is 17.2 Å². The van der Waals surface area contributed by atoms with Crippen LogP contribution in [0.15, 0.2) is 57.9 Å². The fourth-order valence-electron chi connectivity index (χ4n) is 4.60. The number of aryl methyl sites for hydroxylation is 1. The Bertz CT molecular complexity index is 1410. The van der Waals surface area contributed by atoms with Crippen LogP contribution in [0.5, 0.6) is 0 Å². The van der Waals surface area contributed by atoms with E-state index in [0.717, 1.165) is 17.7 Å². The van der Waals surface area contributed by atoms with Crippen molar-refractivity contribution < 1.29 is 26.5 Å². The topological polar surface area (TPSA) is 83.7 Å². The lowest BCUT2D eigenvalue weighted by Gasteiger charge is -2.35. The van der Waals surface area contributed by atoms with E-state index in [9.17, 15) is 22.0 Å². The van der Waals surface area contributed by atoms with Crippen LogP contribution >= 0.6 is 0 Å². The predicted octanol–water partition coefficient (Wildman–Crippen LogP) is 5.27. The zero-order chi connectivity index (χ0) is 27.4. The summed E-state index contributed by atoms with van der Waals surface area (Å²) in [6.45, 7) is 6.32. The second-order valence-electron chi connectivity index (χ2n) is 9.68. The van der Waals surface area contributed by atoms with Crippen molar-refractivity contribution in [2.45, 2.75) is 51.1 Å². The summed E-state index contributed by atoms with van der Waals surface area (Å²) in [5, 5.41) is 3.81.